The van der Waals surface area contributed by atoms with Crippen molar-refractivity contribution >= 4 is 44.0 Å². The van der Waals surface area contributed by atoms with E-state index in [2.05, 4.69) is 21.2 Å². The molecule has 3 aromatic rings. The SMILES string of the molecule is O=C(C1CCNCC1)N(c1ccccc1)c1nc(-c2ccc(Br)cc2)cs1. The van der Waals surface area contributed by atoms with Gasteiger partial charge in [0.05, 0.1) is 11.4 Å². The molecular weight excluding hydrogens is 422 g/mol. The summed E-state index contributed by atoms with van der Waals surface area (Å²) in [7, 11) is 0. The third kappa shape index (κ3) is 4.13. The summed E-state index contributed by atoms with van der Waals surface area (Å²) in [5.74, 6) is 0.172. The van der Waals surface area contributed by atoms with E-state index in [0.29, 0.717) is 0 Å². The molecule has 1 fully saturated rings. The van der Waals surface area contributed by atoms with E-state index in [1.807, 2.05) is 60.0 Å². The van der Waals surface area contributed by atoms with Crippen molar-refractivity contribution in [3.8, 4) is 11.3 Å². The van der Waals surface area contributed by atoms with Crippen LogP contribution in [0.3, 0.4) is 0 Å². The largest absolute Gasteiger partial charge is 0.317 e. The Morgan fingerprint density at radius 1 is 1.07 bits per heavy atom. The van der Waals surface area contributed by atoms with Gasteiger partial charge in [-0.3, -0.25) is 9.69 Å². The number of piperidine rings is 1. The number of para-hydroxylation sites is 1. The minimum atomic E-state index is 0.0338. The van der Waals surface area contributed by atoms with Crippen LogP contribution in [0.25, 0.3) is 11.3 Å². The lowest BCUT2D eigenvalue weighted by atomic mass is 9.96. The van der Waals surface area contributed by atoms with E-state index in [0.717, 1.165) is 52.5 Å². The van der Waals surface area contributed by atoms with Crippen LogP contribution in [0.1, 0.15) is 12.8 Å². The maximum absolute atomic E-state index is 13.3. The van der Waals surface area contributed by atoms with Crippen LogP contribution in [0, 0.1) is 5.92 Å². The fraction of sp³-hybridized carbons (Fsp3) is 0.238. The molecule has 1 aliphatic rings. The van der Waals surface area contributed by atoms with Crippen LogP contribution in [0.15, 0.2) is 64.5 Å². The summed E-state index contributed by atoms with van der Waals surface area (Å²) in [5.41, 5.74) is 2.81. The monoisotopic (exact) mass is 441 g/mol. The van der Waals surface area contributed by atoms with E-state index in [1.54, 1.807) is 4.90 Å². The molecule has 1 saturated heterocycles. The second-order valence-electron chi connectivity index (χ2n) is 6.56. The lowest BCUT2D eigenvalue weighted by Crippen LogP contribution is -2.39. The minimum Gasteiger partial charge on any atom is -0.317 e. The topological polar surface area (TPSA) is 45.2 Å². The number of amides is 1. The van der Waals surface area contributed by atoms with Gasteiger partial charge in [-0.1, -0.05) is 46.3 Å². The summed E-state index contributed by atoms with van der Waals surface area (Å²) < 4.78 is 1.04. The number of thiazole rings is 1. The quantitative estimate of drug-likeness (QED) is 0.602. The Morgan fingerprint density at radius 3 is 2.48 bits per heavy atom. The molecule has 27 heavy (non-hydrogen) atoms. The van der Waals surface area contributed by atoms with Gasteiger partial charge in [-0.25, -0.2) is 4.98 Å². The van der Waals surface area contributed by atoms with Crippen molar-refractivity contribution in [2.24, 2.45) is 5.92 Å². The van der Waals surface area contributed by atoms with Crippen LogP contribution in [0.4, 0.5) is 10.8 Å². The van der Waals surface area contributed by atoms with Crippen LogP contribution in [0.5, 0.6) is 0 Å². The number of aromatic nitrogens is 1. The molecular formula is C21H20BrN3OS. The molecule has 0 radical (unpaired) electrons. The molecule has 0 bridgehead atoms. The van der Waals surface area contributed by atoms with Crippen molar-refractivity contribution in [3.63, 3.8) is 0 Å². The second-order valence-corrected chi connectivity index (χ2v) is 8.31. The van der Waals surface area contributed by atoms with Crippen molar-refractivity contribution < 1.29 is 4.79 Å². The van der Waals surface area contributed by atoms with E-state index in [-0.39, 0.29) is 11.8 Å². The van der Waals surface area contributed by atoms with E-state index in [4.69, 9.17) is 4.98 Å². The lowest BCUT2D eigenvalue weighted by molar-refractivity contribution is -0.122. The number of hydrogen-bond acceptors (Lipinski definition) is 4. The normalized spacial score (nSPS) is 14.9. The molecule has 6 heteroatoms. The molecule has 1 aliphatic heterocycles. The van der Waals surface area contributed by atoms with Crippen molar-refractivity contribution in [1.29, 1.82) is 0 Å². The fourth-order valence-electron chi connectivity index (χ4n) is 3.28. The predicted molar refractivity (Wildman–Crippen MR) is 114 cm³/mol. The smallest absolute Gasteiger partial charge is 0.236 e. The molecule has 0 unspecified atom stereocenters. The van der Waals surface area contributed by atoms with Gasteiger partial charge in [-0.2, -0.15) is 0 Å². The van der Waals surface area contributed by atoms with Crippen LogP contribution in [-0.2, 0) is 4.79 Å². The summed E-state index contributed by atoms with van der Waals surface area (Å²) in [6.45, 7) is 1.78. The number of carbonyl (C=O) groups is 1. The molecule has 0 aliphatic carbocycles. The van der Waals surface area contributed by atoms with Gasteiger partial charge < -0.3 is 5.32 Å². The number of carbonyl (C=O) groups excluding carboxylic acids is 1. The second kappa shape index (κ2) is 8.33. The summed E-state index contributed by atoms with van der Waals surface area (Å²) >= 11 is 4.97. The maximum Gasteiger partial charge on any atom is 0.236 e. The number of hydrogen-bond donors (Lipinski definition) is 1. The Hall–Kier alpha value is -2.02. The van der Waals surface area contributed by atoms with Gasteiger partial charge in [-0.05, 0) is 50.2 Å². The number of rotatable bonds is 4. The zero-order valence-electron chi connectivity index (χ0n) is 14.8. The van der Waals surface area contributed by atoms with Gasteiger partial charge in [0, 0.05) is 21.3 Å². The summed E-state index contributed by atoms with van der Waals surface area (Å²) in [4.78, 5) is 19.9. The van der Waals surface area contributed by atoms with Gasteiger partial charge >= 0.3 is 0 Å². The predicted octanol–water partition coefficient (Wildman–Crippen LogP) is 5.24. The van der Waals surface area contributed by atoms with Gasteiger partial charge in [0.1, 0.15) is 0 Å². The Bertz CT molecular complexity index is 905. The first-order valence-corrected chi connectivity index (χ1v) is 10.7. The Kier molecular flexibility index (Phi) is 5.66. The number of benzene rings is 2. The average molecular weight is 442 g/mol. The number of nitrogens with zero attached hydrogens (tertiary/aromatic N) is 2. The highest BCUT2D eigenvalue weighted by molar-refractivity contribution is 9.10. The minimum absolute atomic E-state index is 0.0338. The molecule has 138 valence electrons. The highest BCUT2D eigenvalue weighted by atomic mass is 79.9. The van der Waals surface area contributed by atoms with E-state index in [9.17, 15) is 4.79 Å². The number of halogens is 1. The third-order valence-electron chi connectivity index (χ3n) is 4.75. The molecule has 4 rings (SSSR count). The molecule has 2 aromatic carbocycles. The van der Waals surface area contributed by atoms with Crippen molar-refractivity contribution in [1.82, 2.24) is 10.3 Å². The van der Waals surface area contributed by atoms with Crippen LogP contribution in [0.2, 0.25) is 0 Å². The van der Waals surface area contributed by atoms with Crippen molar-refractivity contribution in [2.45, 2.75) is 12.8 Å². The van der Waals surface area contributed by atoms with Gasteiger partial charge in [0.2, 0.25) is 5.91 Å². The molecule has 1 aromatic heterocycles. The molecule has 1 amide bonds. The highest BCUT2D eigenvalue weighted by Crippen LogP contribution is 2.34. The number of anilines is 2. The lowest BCUT2D eigenvalue weighted by Gasteiger charge is -2.28. The summed E-state index contributed by atoms with van der Waals surface area (Å²) in [6.07, 6.45) is 1.74. The Labute approximate surface area is 171 Å². The van der Waals surface area contributed by atoms with Crippen molar-refractivity contribution in [3.05, 3.63) is 64.5 Å². The van der Waals surface area contributed by atoms with Crippen molar-refractivity contribution in [2.75, 3.05) is 18.0 Å². The maximum atomic E-state index is 13.3. The molecule has 4 nitrogen and oxygen atoms in total. The third-order valence-corrected chi connectivity index (χ3v) is 6.10. The van der Waals surface area contributed by atoms with Gasteiger partial charge in [0.15, 0.2) is 5.13 Å². The highest BCUT2D eigenvalue weighted by Gasteiger charge is 2.29. The van der Waals surface area contributed by atoms with E-state index < -0.39 is 0 Å². The Morgan fingerprint density at radius 2 is 1.78 bits per heavy atom. The van der Waals surface area contributed by atoms with Crippen LogP contribution in [-0.4, -0.2) is 24.0 Å². The van der Waals surface area contributed by atoms with Gasteiger partial charge in [-0.15, -0.1) is 11.3 Å². The molecule has 0 atom stereocenters. The summed E-state index contributed by atoms with van der Waals surface area (Å²) in [6, 6.07) is 17.9. The molecule has 2 heterocycles. The van der Waals surface area contributed by atoms with E-state index in [1.165, 1.54) is 11.3 Å². The van der Waals surface area contributed by atoms with Crippen LogP contribution < -0.4 is 10.2 Å². The molecule has 0 spiro atoms. The Balaban J connectivity index is 1.68. The average Bonchev–Trinajstić information content (AvgIpc) is 3.20. The zero-order chi connectivity index (χ0) is 18.6. The standard InChI is InChI=1S/C21H20BrN3OS/c22-17-8-6-15(7-9-17)19-14-27-21(24-19)25(18-4-2-1-3-5-18)20(26)16-10-12-23-13-11-16/h1-9,14,16,23H,10-13H2. The molecule has 1 N–H and O–H groups in total. The zero-order valence-corrected chi connectivity index (χ0v) is 17.2. The number of nitrogens with one attached hydrogen (secondary N) is 1. The summed E-state index contributed by atoms with van der Waals surface area (Å²) in [5, 5.41) is 6.07. The first-order chi connectivity index (χ1) is 13.2. The first kappa shape index (κ1) is 18.3. The van der Waals surface area contributed by atoms with Gasteiger partial charge in [0.25, 0.3) is 0 Å². The molecule has 0 saturated carbocycles. The van der Waals surface area contributed by atoms with Crippen LogP contribution >= 0.6 is 27.3 Å². The fourth-order valence-corrected chi connectivity index (χ4v) is 4.40. The first-order valence-electron chi connectivity index (χ1n) is 9.03. The van der Waals surface area contributed by atoms with E-state index >= 15 is 0 Å².